The van der Waals surface area contributed by atoms with Gasteiger partial charge in [-0.15, -0.1) is 24.8 Å². The van der Waals surface area contributed by atoms with Crippen LogP contribution in [0.15, 0.2) is 22.6 Å². The first-order chi connectivity index (χ1) is 3.39. The van der Waals surface area contributed by atoms with E-state index < -0.39 is 0 Å². The van der Waals surface area contributed by atoms with E-state index in [1.807, 2.05) is 0 Å². The van der Waals surface area contributed by atoms with E-state index in [-0.39, 0.29) is 24.8 Å². The van der Waals surface area contributed by atoms with Crippen molar-refractivity contribution >= 4 is 24.8 Å². The van der Waals surface area contributed by atoms with Crippen molar-refractivity contribution in [2.24, 2.45) is 16.1 Å². The van der Waals surface area contributed by atoms with Gasteiger partial charge in [-0.05, 0) is 0 Å². The number of hydrogen-bond donors (Lipinski definition) is 1. The summed E-state index contributed by atoms with van der Waals surface area (Å²) in [6, 6.07) is 0. The van der Waals surface area contributed by atoms with E-state index in [0.29, 0.717) is 6.67 Å². The highest BCUT2D eigenvalue weighted by Crippen LogP contribution is 1.89. The van der Waals surface area contributed by atoms with Gasteiger partial charge in [0, 0.05) is 6.20 Å². The van der Waals surface area contributed by atoms with Crippen LogP contribution in [-0.2, 0) is 0 Å². The zero-order chi connectivity index (χ0) is 5.11. The van der Waals surface area contributed by atoms with Gasteiger partial charge >= 0.3 is 0 Å². The first kappa shape index (κ1) is 11.5. The van der Waals surface area contributed by atoms with Crippen molar-refractivity contribution in [3.05, 3.63) is 12.4 Å². The second kappa shape index (κ2) is 5.81. The summed E-state index contributed by atoms with van der Waals surface area (Å²) < 4.78 is 0. The third-order valence-electron chi connectivity index (χ3n) is 0.633. The molecule has 0 spiro atoms. The van der Waals surface area contributed by atoms with Crippen LogP contribution in [-0.4, -0.2) is 11.7 Å². The Labute approximate surface area is 65.6 Å². The quantitative estimate of drug-likeness (QED) is 0.550. The minimum atomic E-state index is 0. The number of nitrogens with zero attached hydrogens (tertiary/aromatic N) is 3. The summed E-state index contributed by atoms with van der Waals surface area (Å²) in [7, 11) is 0. The molecule has 2 N–H and O–H groups in total. The molecule has 0 aliphatic carbocycles. The van der Waals surface area contributed by atoms with Crippen molar-refractivity contribution in [2.45, 2.75) is 0 Å². The molecule has 6 heteroatoms. The Morgan fingerprint density at radius 3 is 2.33 bits per heavy atom. The van der Waals surface area contributed by atoms with Gasteiger partial charge in [-0.25, -0.2) is 5.84 Å². The maximum Gasteiger partial charge on any atom is 0.145 e. The van der Waals surface area contributed by atoms with Gasteiger partial charge in [-0.2, -0.15) is 10.2 Å². The van der Waals surface area contributed by atoms with Crippen LogP contribution in [0.3, 0.4) is 0 Å². The largest absolute Gasteiger partial charge is 0.293 e. The highest BCUT2D eigenvalue weighted by atomic mass is 35.5. The third kappa shape index (κ3) is 4.20. The molecule has 0 aromatic rings. The Kier molecular flexibility index (Phi) is 7.41. The fourth-order valence-corrected chi connectivity index (χ4v) is 0.319. The predicted molar refractivity (Wildman–Crippen MR) is 39.4 cm³/mol. The fourth-order valence-electron chi connectivity index (χ4n) is 0.319. The van der Waals surface area contributed by atoms with Crippen molar-refractivity contribution < 1.29 is 0 Å². The van der Waals surface area contributed by atoms with Gasteiger partial charge in [0.05, 0.1) is 6.20 Å². The van der Waals surface area contributed by atoms with Crippen molar-refractivity contribution in [1.82, 2.24) is 5.01 Å². The number of halogens is 2. The number of rotatable bonds is 0. The molecule has 4 nitrogen and oxygen atoms in total. The van der Waals surface area contributed by atoms with Crippen LogP contribution >= 0.6 is 24.8 Å². The summed E-state index contributed by atoms with van der Waals surface area (Å²) >= 11 is 0. The normalized spacial score (nSPS) is 14.1. The first-order valence-corrected chi connectivity index (χ1v) is 1.94. The molecule has 0 aromatic carbocycles. The van der Waals surface area contributed by atoms with Crippen LogP contribution in [0.1, 0.15) is 0 Å². The Bertz CT molecular complexity index is 112. The lowest BCUT2D eigenvalue weighted by atomic mass is 10.8. The molecule has 0 atom stereocenters. The summed E-state index contributed by atoms with van der Waals surface area (Å²) in [5.41, 5.74) is 0. The van der Waals surface area contributed by atoms with Crippen molar-refractivity contribution in [3.63, 3.8) is 0 Å². The molecule has 0 unspecified atom stereocenters. The molecular formula is C3H8Cl2N4. The van der Waals surface area contributed by atoms with Gasteiger partial charge in [0.1, 0.15) is 6.67 Å². The molecule has 0 aromatic heterocycles. The van der Waals surface area contributed by atoms with Gasteiger partial charge in [0.15, 0.2) is 0 Å². The number of nitrogens with two attached hydrogens (primary N) is 1. The van der Waals surface area contributed by atoms with Crippen molar-refractivity contribution in [3.8, 4) is 0 Å². The van der Waals surface area contributed by atoms with Crippen LogP contribution in [0.2, 0.25) is 0 Å². The predicted octanol–water partition coefficient (Wildman–Crippen LogP) is 0.900. The SMILES string of the molecule is Cl.Cl.NN1C=CN=NC1. The van der Waals surface area contributed by atoms with E-state index in [9.17, 15) is 0 Å². The van der Waals surface area contributed by atoms with Crippen LogP contribution < -0.4 is 5.84 Å². The molecule has 0 amide bonds. The molecule has 0 saturated heterocycles. The van der Waals surface area contributed by atoms with Crippen LogP contribution in [0.25, 0.3) is 0 Å². The number of azo groups is 1. The smallest absolute Gasteiger partial charge is 0.145 e. The lowest BCUT2D eigenvalue weighted by molar-refractivity contribution is 0.388. The summed E-state index contributed by atoms with van der Waals surface area (Å²) in [4.78, 5) is 0. The summed E-state index contributed by atoms with van der Waals surface area (Å²) in [6.07, 6.45) is 3.20. The van der Waals surface area contributed by atoms with E-state index in [1.165, 1.54) is 5.01 Å². The maximum absolute atomic E-state index is 5.23. The molecular weight excluding hydrogens is 163 g/mol. The van der Waals surface area contributed by atoms with E-state index in [2.05, 4.69) is 10.2 Å². The van der Waals surface area contributed by atoms with Crippen molar-refractivity contribution in [1.29, 1.82) is 0 Å². The molecule has 0 saturated carbocycles. The highest BCUT2D eigenvalue weighted by molar-refractivity contribution is 5.85. The lowest BCUT2D eigenvalue weighted by Gasteiger charge is -2.09. The molecule has 0 radical (unpaired) electrons. The molecule has 1 heterocycles. The van der Waals surface area contributed by atoms with Gasteiger partial charge in [-0.1, -0.05) is 0 Å². The summed E-state index contributed by atoms with van der Waals surface area (Å²) in [5.74, 6) is 5.23. The topological polar surface area (TPSA) is 54.0 Å². The minimum absolute atomic E-state index is 0. The zero-order valence-corrected chi connectivity index (χ0v) is 6.23. The van der Waals surface area contributed by atoms with Gasteiger partial charge in [0.2, 0.25) is 0 Å². The number of hydrogen-bond acceptors (Lipinski definition) is 4. The number of hydrazine groups is 1. The average Bonchev–Trinajstić information content (AvgIpc) is 1.69. The molecule has 9 heavy (non-hydrogen) atoms. The lowest BCUT2D eigenvalue weighted by Crippen LogP contribution is -2.25. The second-order valence-corrected chi connectivity index (χ2v) is 1.21. The molecule has 0 fully saturated rings. The van der Waals surface area contributed by atoms with Crippen molar-refractivity contribution in [2.75, 3.05) is 6.67 Å². The van der Waals surface area contributed by atoms with E-state index in [4.69, 9.17) is 5.84 Å². The first-order valence-electron chi connectivity index (χ1n) is 1.94. The molecule has 1 aliphatic heterocycles. The van der Waals surface area contributed by atoms with Gasteiger partial charge in [-0.3, -0.25) is 5.01 Å². The monoisotopic (exact) mass is 170 g/mol. The molecule has 0 bridgehead atoms. The van der Waals surface area contributed by atoms with E-state index >= 15 is 0 Å². The van der Waals surface area contributed by atoms with E-state index in [1.54, 1.807) is 12.4 Å². The van der Waals surface area contributed by atoms with Crippen LogP contribution in [0.5, 0.6) is 0 Å². The standard InChI is InChI=1S/C3H6N4.2ClH/c4-7-2-1-5-6-3-7;;/h1-2H,3-4H2;2*1H. The maximum atomic E-state index is 5.23. The minimum Gasteiger partial charge on any atom is -0.293 e. The fraction of sp³-hybridized carbons (Fsp3) is 0.333. The zero-order valence-electron chi connectivity index (χ0n) is 4.60. The Hall–Kier alpha value is -0.320. The Morgan fingerprint density at radius 1 is 1.44 bits per heavy atom. The summed E-state index contributed by atoms with van der Waals surface area (Å²) in [5, 5.41) is 8.60. The Balaban J connectivity index is 0. The van der Waals surface area contributed by atoms with Gasteiger partial charge in [0.25, 0.3) is 0 Å². The van der Waals surface area contributed by atoms with E-state index in [0.717, 1.165) is 0 Å². The average molecular weight is 171 g/mol. The summed E-state index contributed by atoms with van der Waals surface area (Å²) in [6.45, 7) is 0.469. The molecule has 1 rings (SSSR count). The molecule has 54 valence electrons. The highest BCUT2D eigenvalue weighted by Gasteiger charge is 1.88. The molecule has 1 aliphatic rings. The van der Waals surface area contributed by atoms with Crippen LogP contribution in [0.4, 0.5) is 0 Å². The van der Waals surface area contributed by atoms with Gasteiger partial charge < -0.3 is 0 Å². The van der Waals surface area contributed by atoms with Crippen LogP contribution in [0, 0.1) is 0 Å². The second-order valence-electron chi connectivity index (χ2n) is 1.21. The third-order valence-corrected chi connectivity index (χ3v) is 0.633. The Morgan fingerprint density at radius 2 is 2.11 bits per heavy atom.